The number of hydrogen-bond donors (Lipinski definition) is 1. The number of hydrogen-bond acceptors (Lipinski definition) is 5. The quantitative estimate of drug-likeness (QED) is 0.577. The zero-order valence-electron chi connectivity index (χ0n) is 10.9. The summed E-state index contributed by atoms with van der Waals surface area (Å²) in [6.45, 7) is 0.384. The third kappa shape index (κ3) is 2.00. The molecule has 0 bridgehead atoms. The third-order valence-corrected chi connectivity index (χ3v) is 4.34. The number of rotatable bonds is 2. The van der Waals surface area contributed by atoms with Crippen LogP contribution in [0.3, 0.4) is 0 Å². The zero-order chi connectivity index (χ0) is 14.4. The van der Waals surface area contributed by atoms with E-state index in [1.165, 1.54) is 0 Å². The van der Waals surface area contributed by atoms with E-state index in [-0.39, 0.29) is 0 Å². The Kier molecular flexibility index (Phi) is 2.58. The Morgan fingerprint density at radius 2 is 2.10 bits per heavy atom. The van der Waals surface area contributed by atoms with Crippen molar-refractivity contribution >= 4 is 38.3 Å². The van der Waals surface area contributed by atoms with Crippen LogP contribution in [0.4, 0.5) is 5.69 Å². The van der Waals surface area contributed by atoms with Gasteiger partial charge >= 0.3 is 5.76 Å². The molecule has 2 aromatic carbocycles. The summed E-state index contributed by atoms with van der Waals surface area (Å²) >= 11 is 1.57. The lowest BCUT2D eigenvalue weighted by atomic mass is 10.3. The minimum Gasteiger partial charge on any atom is -0.408 e. The number of fused-ring (bicyclic) bond motifs is 2. The van der Waals surface area contributed by atoms with Gasteiger partial charge in [0.15, 0.2) is 5.58 Å². The fourth-order valence-corrected chi connectivity index (χ4v) is 3.31. The first-order valence-corrected chi connectivity index (χ1v) is 7.26. The zero-order valence-corrected chi connectivity index (χ0v) is 11.8. The van der Waals surface area contributed by atoms with E-state index < -0.39 is 5.76 Å². The summed E-state index contributed by atoms with van der Waals surface area (Å²) in [5.41, 5.74) is 8.56. The molecule has 0 spiro atoms. The molecule has 0 aliphatic rings. The van der Waals surface area contributed by atoms with Crippen LogP contribution >= 0.6 is 11.3 Å². The minimum absolute atomic E-state index is 0.384. The lowest BCUT2D eigenvalue weighted by Crippen LogP contribution is -2.14. The fraction of sp³-hybridized carbons (Fsp3) is 0.0667. The third-order valence-electron chi connectivity index (χ3n) is 3.32. The van der Waals surface area contributed by atoms with Gasteiger partial charge in [-0.2, -0.15) is 0 Å². The van der Waals surface area contributed by atoms with Gasteiger partial charge in [0.05, 0.1) is 22.3 Å². The lowest BCUT2D eigenvalue weighted by molar-refractivity contribution is 0.517. The fourth-order valence-electron chi connectivity index (χ4n) is 2.35. The summed E-state index contributed by atoms with van der Waals surface area (Å²) in [4.78, 5) is 16.5. The van der Waals surface area contributed by atoms with Crippen molar-refractivity contribution in [3.05, 3.63) is 58.0 Å². The monoisotopic (exact) mass is 297 g/mol. The highest BCUT2D eigenvalue weighted by molar-refractivity contribution is 7.18. The Morgan fingerprint density at radius 3 is 2.95 bits per heavy atom. The number of oxazole rings is 1. The number of para-hydroxylation sites is 1. The van der Waals surface area contributed by atoms with Crippen molar-refractivity contribution < 1.29 is 4.42 Å². The Hall–Kier alpha value is -2.60. The number of nitrogen functional groups attached to an aromatic ring is 1. The summed E-state index contributed by atoms with van der Waals surface area (Å²) in [5, 5.41) is 0.864. The molecule has 0 aliphatic heterocycles. The Morgan fingerprint density at radius 1 is 1.24 bits per heavy atom. The molecule has 2 N–H and O–H groups in total. The van der Waals surface area contributed by atoms with E-state index in [4.69, 9.17) is 10.2 Å². The molecule has 104 valence electrons. The molecule has 4 aromatic rings. The van der Waals surface area contributed by atoms with Crippen LogP contribution in [-0.2, 0) is 6.54 Å². The van der Waals surface area contributed by atoms with Crippen molar-refractivity contribution in [2.24, 2.45) is 0 Å². The Bertz CT molecular complexity index is 980. The SMILES string of the molecule is Nc1ccc2oc(=O)n(Cc3nc4ccccc4s3)c2c1. The molecule has 0 radical (unpaired) electrons. The number of thiazole rings is 1. The molecule has 0 fully saturated rings. The first kappa shape index (κ1) is 12.2. The average Bonchev–Trinajstić information content (AvgIpc) is 3.01. The molecule has 6 heteroatoms. The highest BCUT2D eigenvalue weighted by Crippen LogP contribution is 2.23. The second kappa shape index (κ2) is 4.46. The summed E-state index contributed by atoms with van der Waals surface area (Å²) < 4.78 is 7.89. The molecule has 0 aliphatic carbocycles. The van der Waals surface area contributed by atoms with Gasteiger partial charge in [-0.3, -0.25) is 4.57 Å². The van der Waals surface area contributed by atoms with Gasteiger partial charge in [-0.25, -0.2) is 9.78 Å². The molecular formula is C15H11N3O2S. The Balaban J connectivity index is 1.85. The van der Waals surface area contributed by atoms with E-state index in [1.807, 2.05) is 24.3 Å². The smallest absolute Gasteiger partial charge is 0.408 e. The van der Waals surface area contributed by atoms with E-state index in [0.717, 1.165) is 15.2 Å². The second-order valence-corrected chi connectivity index (χ2v) is 5.87. The minimum atomic E-state index is -0.394. The largest absolute Gasteiger partial charge is 0.420 e. The van der Waals surface area contributed by atoms with Crippen LogP contribution in [0.2, 0.25) is 0 Å². The van der Waals surface area contributed by atoms with Crippen LogP contribution in [0, 0.1) is 0 Å². The molecule has 0 atom stereocenters. The number of benzene rings is 2. The van der Waals surface area contributed by atoms with Crippen LogP contribution in [0.15, 0.2) is 51.7 Å². The predicted octanol–water partition coefficient (Wildman–Crippen LogP) is 2.83. The lowest BCUT2D eigenvalue weighted by Gasteiger charge is -1.99. The van der Waals surface area contributed by atoms with Gasteiger partial charge in [-0.1, -0.05) is 12.1 Å². The summed E-state index contributed by atoms with van der Waals surface area (Å²) in [6, 6.07) is 13.1. The van der Waals surface area contributed by atoms with E-state index >= 15 is 0 Å². The molecule has 5 nitrogen and oxygen atoms in total. The summed E-state index contributed by atoms with van der Waals surface area (Å²) in [6.07, 6.45) is 0. The highest BCUT2D eigenvalue weighted by atomic mass is 32.1. The molecular weight excluding hydrogens is 286 g/mol. The van der Waals surface area contributed by atoms with Crippen LogP contribution in [0.5, 0.6) is 0 Å². The van der Waals surface area contributed by atoms with Crippen molar-refractivity contribution in [3.8, 4) is 0 Å². The van der Waals surface area contributed by atoms with Crippen LogP contribution in [0.1, 0.15) is 5.01 Å². The standard InChI is InChI=1S/C15H11N3O2S/c16-9-5-6-12-11(7-9)18(15(19)20-12)8-14-17-10-3-1-2-4-13(10)21-14/h1-7H,8,16H2. The topological polar surface area (TPSA) is 74.0 Å². The first-order valence-electron chi connectivity index (χ1n) is 6.44. The molecule has 0 amide bonds. The molecule has 0 saturated carbocycles. The van der Waals surface area contributed by atoms with Gasteiger partial charge in [0.2, 0.25) is 0 Å². The highest BCUT2D eigenvalue weighted by Gasteiger charge is 2.12. The van der Waals surface area contributed by atoms with Gasteiger partial charge in [-0.15, -0.1) is 11.3 Å². The van der Waals surface area contributed by atoms with Gasteiger partial charge in [-0.05, 0) is 30.3 Å². The predicted molar refractivity (Wildman–Crippen MR) is 83.6 cm³/mol. The van der Waals surface area contributed by atoms with Crippen molar-refractivity contribution in [3.63, 3.8) is 0 Å². The van der Waals surface area contributed by atoms with Gasteiger partial charge in [0.1, 0.15) is 5.01 Å². The van der Waals surface area contributed by atoms with Gasteiger partial charge in [0.25, 0.3) is 0 Å². The van der Waals surface area contributed by atoms with E-state index in [9.17, 15) is 4.79 Å². The number of nitrogens with two attached hydrogens (primary N) is 1. The number of anilines is 1. The maximum atomic E-state index is 12.0. The van der Waals surface area contributed by atoms with Crippen molar-refractivity contribution in [1.82, 2.24) is 9.55 Å². The number of nitrogens with zero attached hydrogens (tertiary/aromatic N) is 2. The van der Waals surface area contributed by atoms with Gasteiger partial charge in [0, 0.05) is 5.69 Å². The maximum absolute atomic E-state index is 12.0. The molecule has 2 aromatic heterocycles. The van der Waals surface area contributed by atoms with Crippen molar-refractivity contribution in [1.29, 1.82) is 0 Å². The Labute approximate surface area is 123 Å². The van der Waals surface area contributed by atoms with Crippen molar-refractivity contribution in [2.75, 3.05) is 5.73 Å². The van der Waals surface area contributed by atoms with Crippen LogP contribution in [-0.4, -0.2) is 9.55 Å². The summed E-state index contributed by atoms with van der Waals surface area (Å²) in [7, 11) is 0. The summed E-state index contributed by atoms with van der Waals surface area (Å²) in [5.74, 6) is -0.394. The first-order chi connectivity index (χ1) is 10.2. The maximum Gasteiger partial charge on any atom is 0.420 e. The molecule has 0 unspecified atom stereocenters. The normalized spacial score (nSPS) is 11.4. The molecule has 4 rings (SSSR count). The molecule has 2 heterocycles. The van der Waals surface area contributed by atoms with Crippen LogP contribution < -0.4 is 11.5 Å². The van der Waals surface area contributed by atoms with E-state index in [0.29, 0.717) is 23.3 Å². The molecule has 0 saturated heterocycles. The number of aromatic nitrogens is 2. The second-order valence-electron chi connectivity index (χ2n) is 4.76. The van der Waals surface area contributed by atoms with Crippen LogP contribution in [0.25, 0.3) is 21.3 Å². The van der Waals surface area contributed by atoms with E-state index in [1.54, 1.807) is 34.1 Å². The average molecular weight is 297 g/mol. The van der Waals surface area contributed by atoms with E-state index in [2.05, 4.69) is 4.98 Å². The van der Waals surface area contributed by atoms with Crippen molar-refractivity contribution in [2.45, 2.75) is 6.54 Å². The van der Waals surface area contributed by atoms with Gasteiger partial charge < -0.3 is 10.2 Å². The molecule has 21 heavy (non-hydrogen) atoms.